The number of ether oxygens (including phenoxy) is 4. The Labute approximate surface area is 153 Å². The standard InChI is InChI=1S/C21H24NO4/c1-22-11-10-16-15(7-9-19(24-3)21(16)26-5)17(22)12-14-6-8-18(23-2)20(13-14)25-4/h6-11,13H,12H2,1-5H3/q+1. The van der Waals surface area contributed by atoms with Crippen molar-refractivity contribution >= 4 is 10.8 Å². The zero-order valence-electron chi connectivity index (χ0n) is 15.8. The molecule has 5 heteroatoms. The van der Waals surface area contributed by atoms with Gasteiger partial charge in [-0.05, 0) is 29.8 Å². The fraction of sp³-hybridized carbons (Fsp3) is 0.286. The number of benzene rings is 2. The van der Waals surface area contributed by atoms with E-state index in [1.807, 2.05) is 31.4 Å². The normalized spacial score (nSPS) is 10.7. The topological polar surface area (TPSA) is 40.8 Å². The van der Waals surface area contributed by atoms with Crippen LogP contribution in [0.1, 0.15) is 11.3 Å². The van der Waals surface area contributed by atoms with Gasteiger partial charge in [0.25, 0.3) is 0 Å². The summed E-state index contributed by atoms with van der Waals surface area (Å²) in [4.78, 5) is 0. The van der Waals surface area contributed by atoms with Gasteiger partial charge < -0.3 is 18.9 Å². The van der Waals surface area contributed by atoms with E-state index in [2.05, 4.69) is 22.8 Å². The summed E-state index contributed by atoms with van der Waals surface area (Å²) >= 11 is 0. The molecule has 0 aliphatic carbocycles. The molecule has 0 unspecified atom stereocenters. The van der Waals surface area contributed by atoms with E-state index in [0.717, 1.165) is 45.8 Å². The second-order valence-corrected chi connectivity index (χ2v) is 6.00. The second-order valence-electron chi connectivity index (χ2n) is 6.00. The fourth-order valence-corrected chi connectivity index (χ4v) is 3.24. The predicted octanol–water partition coefficient (Wildman–Crippen LogP) is 3.29. The van der Waals surface area contributed by atoms with E-state index < -0.39 is 0 Å². The van der Waals surface area contributed by atoms with Gasteiger partial charge in [0.15, 0.2) is 34.9 Å². The van der Waals surface area contributed by atoms with E-state index in [-0.39, 0.29) is 0 Å². The van der Waals surface area contributed by atoms with Crippen LogP contribution in [0.5, 0.6) is 23.0 Å². The maximum atomic E-state index is 5.59. The highest BCUT2D eigenvalue weighted by molar-refractivity contribution is 5.91. The largest absolute Gasteiger partial charge is 0.493 e. The summed E-state index contributed by atoms with van der Waals surface area (Å²) < 4.78 is 23.9. The van der Waals surface area contributed by atoms with Gasteiger partial charge in [0.05, 0.1) is 40.2 Å². The molecule has 3 rings (SSSR count). The lowest BCUT2D eigenvalue weighted by Crippen LogP contribution is -2.33. The lowest BCUT2D eigenvalue weighted by atomic mass is 10.0. The van der Waals surface area contributed by atoms with E-state index in [1.54, 1.807) is 28.4 Å². The van der Waals surface area contributed by atoms with Crippen molar-refractivity contribution in [1.29, 1.82) is 0 Å². The predicted molar refractivity (Wildman–Crippen MR) is 101 cm³/mol. The molecule has 0 atom stereocenters. The summed E-state index contributed by atoms with van der Waals surface area (Å²) in [6, 6.07) is 12.1. The number of pyridine rings is 1. The minimum absolute atomic E-state index is 0.727. The smallest absolute Gasteiger partial charge is 0.193 e. The Morgan fingerprint density at radius 2 is 1.42 bits per heavy atom. The van der Waals surface area contributed by atoms with Crippen LogP contribution in [-0.4, -0.2) is 28.4 Å². The Morgan fingerprint density at radius 1 is 0.731 bits per heavy atom. The molecule has 1 aromatic heterocycles. The summed E-state index contributed by atoms with van der Waals surface area (Å²) in [6.45, 7) is 0. The maximum Gasteiger partial charge on any atom is 0.193 e. The zero-order valence-corrected chi connectivity index (χ0v) is 15.8. The van der Waals surface area contributed by atoms with Crippen LogP contribution in [0, 0.1) is 0 Å². The minimum atomic E-state index is 0.727. The first-order valence-electron chi connectivity index (χ1n) is 8.36. The molecule has 3 aromatic rings. The van der Waals surface area contributed by atoms with Crippen LogP contribution < -0.4 is 23.5 Å². The second kappa shape index (κ2) is 7.52. The summed E-state index contributed by atoms with van der Waals surface area (Å²) in [6.07, 6.45) is 2.80. The van der Waals surface area contributed by atoms with Crippen molar-refractivity contribution in [1.82, 2.24) is 0 Å². The molecule has 5 nitrogen and oxygen atoms in total. The SMILES string of the molecule is COc1ccc(Cc2c3ccc(OC)c(OC)c3cc[n+]2C)cc1OC. The van der Waals surface area contributed by atoms with Gasteiger partial charge in [-0.2, -0.15) is 0 Å². The van der Waals surface area contributed by atoms with Crippen molar-refractivity contribution in [2.45, 2.75) is 6.42 Å². The molecular weight excluding hydrogens is 330 g/mol. The maximum absolute atomic E-state index is 5.59. The number of nitrogens with zero attached hydrogens (tertiary/aromatic N) is 1. The number of rotatable bonds is 6. The van der Waals surface area contributed by atoms with Crippen molar-refractivity contribution in [2.24, 2.45) is 7.05 Å². The van der Waals surface area contributed by atoms with Gasteiger partial charge in [-0.15, -0.1) is 0 Å². The molecule has 0 saturated heterocycles. The third-order valence-electron chi connectivity index (χ3n) is 4.60. The van der Waals surface area contributed by atoms with Crippen LogP contribution in [0.25, 0.3) is 10.8 Å². The molecule has 136 valence electrons. The van der Waals surface area contributed by atoms with E-state index >= 15 is 0 Å². The van der Waals surface area contributed by atoms with Gasteiger partial charge in [0, 0.05) is 11.5 Å². The number of fused-ring (bicyclic) bond motifs is 1. The van der Waals surface area contributed by atoms with Crippen LogP contribution in [0.2, 0.25) is 0 Å². The van der Waals surface area contributed by atoms with E-state index in [0.29, 0.717) is 0 Å². The van der Waals surface area contributed by atoms with Gasteiger partial charge in [-0.25, -0.2) is 4.57 Å². The Bertz CT molecular complexity index is 937. The van der Waals surface area contributed by atoms with Crippen LogP contribution in [0.3, 0.4) is 0 Å². The van der Waals surface area contributed by atoms with E-state index in [4.69, 9.17) is 18.9 Å². The average molecular weight is 354 g/mol. The average Bonchev–Trinajstić information content (AvgIpc) is 2.68. The third kappa shape index (κ3) is 3.12. The number of aromatic nitrogens is 1. The van der Waals surface area contributed by atoms with Gasteiger partial charge in [0.2, 0.25) is 0 Å². The first-order chi connectivity index (χ1) is 12.6. The highest BCUT2D eigenvalue weighted by atomic mass is 16.5. The summed E-state index contributed by atoms with van der Waals surface area (Å²) in [5, 5.41) is 2.16. The summed E-state index contributed by atoms with van der Waals surface area (Å²) in [5.41, 5.74) is 2.32. The number of hydrogen-bond acceptors (Lipinski definition) is 4. The summed E-state index contributed by atoms with van der Waals surface area (Å²) in [5.74, 6) is 2.93. The highest BCUT2D eigenvalue weighted by Gasteiger charge is 2.18. The summed E-state index contributed by atoms with van der Waals surface area (Å²) in [7, 11) is 8.65. The first kappa shape index (κ1) is 17.9. The van der Waals surface area contributed by atoms with Crippen molar-refractivity contribution in [3.05, 3.63) is 53.9 Å². The molecule has 0 amide bonds. The van der Waals surface area contributed by atoms with Crippen molar-refractivity contribution in [3.63, 3.8) is 0 Å². The Kier molecular flexibility index (Phi) is 5.16. The Balaban J connectivity index is 2.12. The molecule has 0 spiro atoms. The van der Waals surface area contributed by atoms with Gasteiger partial charge in [-0.3, -0.25) is 0 Å². The highest BCUT2D eigenvalue weighted by Crippen LogP contribution is 2.36. The molecule has 0 radical (unpaired) electrons. The Hall–Kier alpha value is -2.95. The van der Waals surface area contributed by atoms with Crippen LogP contribution in [-0.2, 0) is 13.5 Å². The molecule has 1 heterocycles. The molecule has 0 bridgehead atoms. The molecule has 2 aromatic carbocycles. The number of hydrogen-bond donors (Lipinski definition) is 0. The molecule has 0 aliphatic heterocycles. The van der Waals surface area contributed by atoms with Crippen molar-refractivity contribution in [3.8, 4) is 23.0 Å². The molecule has 0 aliphatic rings. The van der Waals surface area contributed by atoms with Crippen LogP contribution in [0.15, 0.2) is 42.6 Å². The number of aryl methyl sites for hydroxylation is 1. The molecular formula is C21H24NO4+. The minimum Gasteiger partial charge on any atom is -0.493 e. The lowest BCUT2D eigenvalue weighted by Gasteiger charge is -2.13. The van der Waals surface area contributed by atoms with Crippen LogP contribution in [0.4, 0.5) is 0 Å². The van der Waals surface area contributed by atoms with E-state index in [9.17, 15) is 0 Å². The van der Waals surface area contributed by atoms with Gasteiger partial charge >= 0.3 is 0 Å². The number of methoxy groups -OCH3 is 4. The monoisotopic (exact) mass is 354 g/mol. The molecule has 0 N–H and O–H groups in total. The molecule has 26 heavy (non-hydrogen) atoms. The quantitative estimate of drug-likeness (QED) is 0.637. The van der Waals surface area contributed by atoms with Crippen molar-refractivity contribution in [2.75, 3.05) is 28.4 Å². The lowest BCUT2D eigenvalue weighted by molar-refractivity contribution is -0.677. The van der Waals surface area contributed by atoms with Gasteiger partial charge in [-0.1, -0.05) is 6.07 Å². The third-order valence-corrected chi connectivity index (χ3v) is 4.60. The fourth-order valence-electron chi connectivity index (χ4n) is 3.24. The first-order valence-corrected chi connectivity index (χ1v) is 8.36. The van der Waals surface area contributed by atoms with E-state index in [1.165, 1.54) is 5.69 Å². The zero-order chi connectivity index (χ0) is 18.7. The van der Waals surface area contributed by atoms with Crippen LogP contribution >= 0.6 is 0 Å². The van der Waals surface area contributed by atoms with Crippen molar-refractivity contribution < 1.29 is 23.5 Å². The Morgan fingerprint density at radius 3 is 2.08 bits per heavy atom. The van der Waals surface area contributed by atoms with Gasteiger partial charge in [0.1, 0.15) is 7.05 Å². The molecule has 0 fully saturated rings. The molecule has 0 saturated carbocycles.